The van der Waals surface area contributed by atoms with Crippen LogP contribution in [0.4, 0.5) is 0 Å². The smallest absolute Gasteiger partial charge is 0.00203 e. The second-order valence-corrected chi connectivity index (χ2v) is 15.2. The summed E-state index contributed by atoms with van der Waals surface area (Å²) in [4.78, 5) is 0. The summed E-state index contributed by atoms with van der Waals surface area (Å²) in [6.07, 6.45) is 0. The molecule has 0 saturated heterocycles. The molecule has 0 saturated carbocycles. The summed E-state index contributed by atoms with van der Waals surface area (Å²) in [7, 11) is 0. The van der Waals surface area contributed by atoms with Crippen LogP contribution in [0, 0.1) is 0 Å². The first kappa shape index (κ1) is 28.6. The minimum Gasteiger partial charge on any atom is -0.0610 e. The van der Waals surface area contributed by atoms with Crippen molar-refractivity contribution in [1.29, 1.82) is 0 Å². The normalized spacial score (nSPS) is 12.4. The number of hydrogen-bond acceptors (Lipinski definition) is 0. The summed E-state index contributed by atoms with van der Waals surface area (Å²) in [5, 5.41) is 23.7. The van der Waals surface area contributed by atoms with Gasteiger partial charge in [-0.15, -0.1) is 0 Å². The predicted octanol–water partition coefficient (Wildman–Crippen LogP) is 15.4. The van der Waals surface area contributed by atoms with Crippen molar-refractivity contribution in [2.24, 2.45) is 0 Å². The third-order valence-electron chi connectivity index (χ3n) is 12.4. The number of benzene rings is 13. The zero-order valence-electron chi connectivity index (χ0n) is 29.3. The standard InChI is InChI=1S/C54H30/c1-3-33-11-15-39-27-43(28-40-16-12-34(4-1)49(33)51(39)40)31-7-9-32(10-8-31)45-23-19-37-22-26-48-46(24-20-38-21-25-47(45)53(37)54(38)48)44-29-41-17-13-35-5-2-6-36-14-18-42(30-44)52(41)50(35)36/h1-30H. The molecule has 0 atom stereocenters. The molecule has 0 nitrogen and oxygen atoms in total. The SMILES string of the molecule is c1cc2ccc3cc(-c4ccc(-c5ccc6ccc7c(-c8cc9ccc%10cccc%11ccc(c8)c9c%10%11)ccc8ccc5c6c87)cc4)cc4ccc(c1)c2c34. The maximum atomic E-state index is 2.40. The highest BCUT2D eigenvalue weighted by molar-refractivity contribution is 6.29. The molecule has 0 fully saturated rings. The van der Waals surface area contributed by atoms with Gasteiger partial charge in [-0.25, -0.2) is 0 Å². The van der Waals surface area contributed by atoms with Gasteiger partial charge in [0, 0.05) is 0 Å². The van der Waals surface area contributed by atoms with Gasteiger partial charge in [0.1, 0.15) is 0 Å². The van der Waals surface area contributed by atoms with E-state index in [2.05, 4.69) is 182 Å². The molecule has 0 aliphatic rings. The molecule has 0 amide bonds. The molecular formula is C54H30. The third-order valence-corrected chi connectivity index (χ3v) is 12.4. The molecule has 246 valence electrons. The zero-order valence-corrected chi connectivity index (χ0v) is 29.3. The minimum atomic E-state index is 1.24. The van der Waals surface area contributed by atoms with E-state index in [1.807, 2.05) is 0 Å². The van der Waals surface area contributed by atoms with Crippen molar-refractivity contribution in [3.05, 3.63) is 182 Å². The Labute approximate surface area is 311 Å². The summed E-state index contributed by atoms with van der Waals surface area (Å²) in [5.41, 5.74) is 7.54. The lowest BCUT2D eigenvalue weighted by molar-refractivity contribution is 1.63. The van der Waals surface area contributed by atoms with Gasteiger partial charge in [0.05, 0.1) is 0 Å². The number of hydrogen-bond donors (Lipinski definition) is 0. The van der Waals surface area contributed by atoms with Crippen molar-refractivity contribution in [1.82, 2.24) is 0 Å². The molecule has 54 heavy (non-hydrogen) atoms. The topological polar surface area (TPSA) is 0 Å². The Morgan fingerprint density at radius 2 is 0.500 bits per heavy atom. The van der Waals surface area contributed by atoms with E-state index in [0.717, 1.165) is 0 Å². The van der Waals surface area contributed by atoms with Crippen molar-refractivity contribution in [2.75, 3.05) is 0 Å². The molecule has 13 aromatic carbocycles. The molecule has 0 spiro atoms. The maximum absolute atomic E-state index is 2.40. The molecular weight excluding hydrogens is 649 g/mol. The summed E-state index contributed by atoms with van der Waals surface area (Å²) < 4.78 is 0. The van der Waals surface area contributed by atoms with Crippen LogP contribution in [0.25, 0.3) is 130 Å². The Bertz CT molecular complexity index is 3510. The fourth-order valence-corrected chi connectivity index (χ4v) is 9.98. The minimum absolute atomic E-state index is 1.24. The van der Waals surface area contributed by atoms with Crippen LogP contribution >= 0.6 is 0 Å². The van der Waals surface area contributed by atoms with Crippen LogP contribution in [0.5, 0.6) is 0 Å². The van der Waals surface area contributed by atoms with Gasteiger partial charge in [0.2, 0.25) is 0 Å². The Kier molecular flexibility index (Phi) is 5.45. The van der Waals surface area contributed by atoms with Gasteiger partial charge >= 0.3 is 0 Å². The number of rotatable bonds is 3. The van der Waals surface area contributed by atoms with E-state index >= 15 is 0 Å². The Hall–Kier alpha value is -7.02. The fourth-order valence-electron chi connectivity index (χ4n) is 9.98. The highest BCUT2D eigenvalue weighted by Crippen LogP contribution is 2.45. The molecule has 0 heterocycles. The highest BCUT2D eigenvalue weighted by Gasteiger charge is 2.17. The van der Waals surface area contributed by atoms with E-state index in [4.69, 9.17) is 0 Å². The van der Waals surface area contributed by atoms with Gasteiger partial charge in [-0.05, 0) is 155 Å². The molecule has 0 bridgehead atoms. The maximum Gasteiger partial charge on any atom is -0.00203 e. The average molecular weight is 679 g/mol. The average Bonchev–Trinajstić information content (AvgIpc) is 3.23. The van der Waals surface area contributed by atoms with Gasteiger partial charge in [0.25, 0.3) is 0 Å². The fraction of sp³-hybridized carbons (Fsp3) is 0. The van der Waals surface area contributed by atoms with Gasteiger partial charge in [-0.2, -0.15) is 0 Å². The van der Waals surface area contributed by atoms with Crippen LogP contribution in [-0.4, -0.2) is 0 Å². The predicted molar refractivity (Wildman–Crippen MR) is 234 cm³/mol. The second-order valence-electron chi connectivity index (χ2n) is 15.2. The lowest BCUT2D eigenvalue weighted by Gasteiger charge is -2.18. The monoisotopic (exact) mass is 678 g/mol. The zero-order chi connectivity index (χ0) is 35.1. The van der Waals surface area contributed by atoms with E-state index in [0.29, 0.717) is 0 Å². The molecule has 0 aliphatic heterocycles. The first-order chi connectivity index (χ1) is 26.7. The quantitative estimate of drug-likeness (QED) is 0.163. The molecule has 0 heteroatoms. The Morgan fingerprint density at radius 3 is 0.963 bits per heavy atom. The van der Waals surface area contributed by atoms with E-state index in [-0.39, 0.29) is 0 Å². The molecule has 13 rings (SSSR count). The third kappa shape index (κ3) is 3.82. The van der Waals surface area contributed by atoms with E-state index < -0.39 is 0 Å². The van der Waals surface area contributed by atoms with Gasteiger partial charge in [-0.1, -0.05) is 158 Å². The van der Waals surface area contributed by atoms with Gasteiger partial charge < -0.3 is 0 Å². The van der Waals surface area contributed by atoms with Crippen LogP contribution in [0.3, 0.4) is 0 Å². The van der Waals surface area contributed by atoms with Gasteiger partial charge in [0.15, 0.2) is 0 Å². The highest BCUT2D eigenvalue weighted by atomic mass is 14.2. The van der Waals surface area contributed by atoms with Crippen molar-refractivity contribution < 1.29 is 0 Å². The lowest BCUT2D eigenvalue weighted by atomic mass is 9.86. The summed E-state index contributed by atoms with van der Waals surface area (Å²) in [5.74, 6) is 0. The van der Waals surface area contributed by atoms with Crippen LogP contribution in [-0.2, 0) is 0 Å². The molecule has 0 aliphatic carbocycles. The van der Waals surface area contributed by atoms with Crippen LogP contribution in [0.1, 0.15) is 0 Å². The molecule has 0 unspecified atom stereocenters. The van der Waals surface area contributed by atoms with Crippen molar-refractivity contribution in [3.63, 3.8) is 0 Å². The van der Waals surface area contributed by atoms with Crippen LogP contribution < -0.4 is 0 Å². The van der Waals surface area contributed by atoms with Crippen LogP contribution in [0.2, 0.25) is 0 Å². The molecule has 13 aromatic rings. The first-order valence-corrected chi connectivity index (χ1v) is 18.9. The van der Waals surface area contributed by atoms with Crippen molar-refractivity contribution in [3.8, 4) is 33.4 Å². The largest absolute Gasteiger partial charge is 0.0610 e. The Balaban J connectivity index is 0.949. The summed E-state index contributed by atoms with van der Waals surface area (Å²) in [6, 6.07) is 68.7. The first-order valence-electron chi connectivity index (χ1n) is 18.9. The molecule has 0 aromatic heterocycles. The van der Waals surface area contributed by atoms with Crippen molar-refractivity contribution >= 4 is 97.0 Å². The van der Waals surface area contributed by atoms with Gasteiger partial charge in [-0.3, -0.25) is 0 Å². The molecule has 0 radical (unpaired) electrons. The second kappa shape index (κ2) is 10.3. The van der Waals surface area contributed by atoms with E-state index in [9.17, 15) is 0 Å². The van der Waals surface area contributed by atoms with E-state index in [1.165, 1.54) is 130 Å². The van der Waals surface area contributed by atoms with E-state index in [1.54, 1.807) is 0 Å². The van der Waals surface area contributed by atoms with Crippen molar-refractivity contribution in [2.45, 2.75) is 0 Å². The lowest BCUT2D eigenvalue weighted by Crippen LogP contribution is -1.90. The van der Waals surface area contributed by atoms with Crippen LogP contribution in [0.15, 0.2) is 182 Å². The summed E-state index contributed by atoms with van der Waals surface area (Å²) >= 11 is 0. The molecule has 0 N–H and O–H groups in total. The summed E-state index contributed by atoms with van der Waals surface area (Å²) in [6.45, 7) is 0. The Morgan fingerprint density at radius 1 is 0.185 bits per heavy atom.